The average molecular weight is 475 g/mol. The van der Waals surface area contributed by atoms with Crippen LogP contribution in [-0.4, -0.2) is 21.0 Å². The predicted octanol–water partition coefficient (Wildman–Crippen LogP) is 5.26. The number of anilines is 1. The number of halogens is 1. The third-order valence-corrected chi connectivity index (χ3v) is 5.63. The monoisotopic (exact) mass is 474 g/mol. The molecule has 0 aliphatic heterocycles. The first-order chi connectivity index (χ1) is 16.2. The van der Waals surface area contributed by atoms with Gasteiger partial charge in [-0.1, -0.05) is 17.7 Å². The summed E-state index contributed by atoms with van der Waals surface area (Å²) in [6.45, 7) is 5.36. The van der Waals surface area contributed by atoms with Crippen LogP contribution in [0.4, 0.5) is 5.69 Å². The van der Waals surface area contributed by atoms with Crippen molar-refractivity contribution in [3.8, 4) is 17.4 Å². The second-order valence-electron chi connectivity index (χ2n) is 7.89. The summed E-state index contributed by atoms with van der Waals surface area (Å²) in [5.41, 5.74) is 2.98. The zero-order valence-corrected chi connectivity index (χ0v) is 19.3. The molecule has 1 atom stereocenters. The number of pyridine rings is 2. The number of carboxylic acids is 1. The number of aromatic nitrogens is 2. The molecule has 0 radical (unpaired) electrons. The minimum absolute atomic E-state index is 0.0657. The van der Waals surface area contributed by atoms with Crippen molar-refractivity contribution in [1.29, 1.82) is 5.26 Å². The number of nitrogens with zero attached hydrogens (tertiary/aromatic N) is 3. The van der Waals surface area contributed by atoms with Crippen LogP contribution in [0.1, 0.15) is 45.7 Å². The molecule has 0 saturated carbocycles. The zero-order valence-electron chi connectivity index (χ0n) is 18.5. The van der Waals surface area contributed by atoms with Crippen molar-refractivity contribution in [1.82, 2.24) is 9.97 Å². The van der Waals surface area contributed by atoms with E-state index in [0.717, 1.165) is 5.56 Å². The highest BCUT2D eigenvalue weighted by Crippen LogP contribution is 2.32. The lowest BCUT2D eigenvalue weighted by Crippen LogP contribution is -2.14. The molecule has 0 fully saturated rings. The summed E-state index contributed by atoms with van der Waals surface area (Å²) in [6.07, 6.45) is 2.96. The van der Waals surface area contributed by atoms with E-state index in [1.54, 1.807) is 19.1 Å². The Hall–Kier alpha value is -4.22. The van der Waals surface area contributed by atoms with Crippen LogP contribution in [0.5, 0.6) is 0 Å². The normalized spacial score (nSPS) is 11.7. The number of aryl methyl sites for hydroxylation is 1. The van der Waals surface area contributed by atoms with Crippen LogP contribution in [0.25, 0.3) is 22.3 Å². The molecule has 3 heterocycles. The minimum Gasteiger partial charge on any atom is -0.476 e. The van der Waals surface area contributed by atoms with E-state index in [4.69, 9.17) is 16.0 Å². The van der Waals surface area contributed by atoms with Gasteiger partial charge in [-0.2, -0.15) is 5.26 Å². The summed E-state index contributed by atoms with van der Waals surface area (Å²) in [5, 5.41) is 22.4. The summed E-state index contributed by atoms with van der Waals surface area (Å²) in [4.78, 5) is 32.9. The maximum absolute atomic E-state index is 13.3. The minimum atomic E-state index is -1.22. The van der Waals surface area contributed by atoms with Crippen LogP contribution in [0.2, 0.25) is 5.15 Å². The van der Waals surface area contributed by atoms with Crippen molar-refractivity contribution >= 4 is 34.2 Å². The molecule has 0 aliphatic rings. The van der Waals surface area contributed by atoms with Crippen molar-refractivity contribution in [2.24, 2.45) is 0 Å². The molecule has 2 N–H and O–H groups in total. The van der Waals surface area contributed by atoms with Crippen LogP contribution in [-0.2, 0) is 0 Å². The third-order valence-electron chi connectivity index (χ3n) is 5.42. The number of nitrogens with one attached hydrogen (secondary N) is 1. The van der Waals surface area contributed by atoms with Gasteiger partial charge in [0.15, 0.2) is 11.1 Å². The molecule has 4 aromatic rings. The fraction of sp³-hybridized carbons (Fsp3) is 0.160. The average Bonchev–Trinajstić information content (AvgIpc) is 2.82. The number of benzene rings is 1. The van der Waals surface area contributed by atoms with E-state index in [2.05, 4.69) is 15.3 Å². The van der Waals surface area contributed by atoms with E-state index in [9.17, 15) is 20.0 Å². The molecule has 4 rings (SSSR count). The fourth-order valence-corrected chi connectivity index (χ4v) is 3.96. The molecule has 1 aromatic carbocycles. The Labute approximate surface area is 199 Å². The summed E-state index contributed by atoms with van der Waals surface area (Å²) < 4.78 is 6.26. The number of rotatable bonds is 5. The van der Waals surface area contributed by atoms with Crippen molar-refractivity contribution in [3.05, 3.63) is 86.0 Å². The van der Waals surface area contributed by atoms with E-state index in [0.29, 0.717) is 39.0 Å². The lowest BCUT2D eigenvalue weighted by atomic mass is 9.99. The van der Waals surface area contributed by atoms with E-state index >= 15 is 0 Å². The first kappa shape index (κ1) is 23.0. The third kappa shape index (κ3) is 4.21. The van der Waals surface area contributed by atoms with Gasteiger partial charge in [0, 0.05) is 29.1 Å². The molecule has 8 nitrogen and oxygen atoms in total. The Morgan fingerprint density at radius 1 is 1.24 bits per heavy atom. The van der Waals surface area contributed by atoms with Gasteiger partial charge in [0.1, 0.15) is 22.6 Å². The highest BCUT2D eigenvalue weighted by Gasteiger charge is 2.21. The molecule has 170 valence electrons. The molecule has 0 amide bonds. The number of carboxylic acid groups (broad SMARTS) is 1. The predicted molar refractivity (Wildman–Crippen MR) is 128 cm³/mol. The molecule has 0 bridgehead atoms. The maximum Gasteiger partial charge on any atom is 0.356 e. The molecule has 34 heavy (non-hydrogen) atoms. The number of hydrogen-bond acceptors (Lipinski definition) is 7. The molecule has 9 heteroatoms. The van der Waals surface area contributed by atoms with Gasteiger partial charge in [0.05, 0.1) is 22.7 Å². The van der Waals surface area contributed by atoms with Crippen molar-refractivity contribution < 1.29 is 14.3 Å². The van der Waals surface area contributed by atoms with Crippen molar-refractivity contribution in [2.45, 2.75) is 26.8 Å². The van der Waals surface area contributed by atoms with Gasteiger partial charge < -0.3 is 14.8 Å². The lowest BCUT2D eigenvalue weighted by molar-refractivity contribution is 0.0691. The molecular weight excluding hydrogens is 456 g/mol. The van der Waals surface area contributed by atoms with Gasteiger partial charge in [-0.05, 0) is 50.6 Å². The van der Waals surface area contributed by atoms with Crippen LogP contribution in [0.3, 0.4) is 0 Å². The van der Waals surface area contributed by atoms with Crippen LogP contribution >= 0.6 is 11.6 Å². The maximum atomic E-state index is 13.3. The van der Waals surface area contributed by atoms with Gasteiger partial charge in [0.2, 0.25) is 0 Å². The van der Waals surface area contributed by atoms with E-state index in [1.165, 1.54) is 24.5 Å². The molecule has 0 unspecified atom stereocenters. The zero-order chi connectivity index (χ0) is 24.6. The Kier molecular flexibility index (Phi) is 6.05. The summed E-state index contributed by atoms with van der Waals surface area (Å²) in [5.74, 6) is -0.903. The first-order valence-corrected chi connectivity index (χ1v) is 10.7. The largest absolute Gasteiger partial charge is 0.476 e. The van der Waals surface area contributed by atoms with Crippen LogP contribution < -0.4 is 10.7 Å². The smallest absolute Gasteiger partial charge is 0.356 e. The summed E-state index contributed by atoms with van der Waals surface area (Å²) >= 11 is 5.87. The van der Waals surface area contributed by atoms with Gasteiger partial charge in [-0.3, -0.25) is 9.78 Å². The van der Waals surface area contributed by atoms with Crippen LogP contribution in [0.15, 0.2) is 51.9 Å². The Balaban J connectivity index is 1.90. The highest BCUT2D eigenvalue weighted by atomic mass is 35.5. The van der Waals surface area contributed by atoms with E-state index in [1.807, 2.05) is 26.0 Å². The van der Waals surface area contributed by atoms with Gasteiger partial charge in [0.25, 0.3) is 0 Å². The molecular formula is C25H19ClN4O4. The first-order valence-electron chi connectivity index (χ1n) is 10.3. The SMILES string of the molecule is Cc1cc([C@@H](C)Nc2ccc(Cl)nc2C(=O)O)c2oc(-c3cncc(C#N)c3)c(C)c(=O)c2c1. The molecule has 0 aliphatic carbocycles. The molecule has 3 aromatic heterocycles. The topological polar surface area (TPSA) is 129 Å². The Morgan fingerprint density at radius 3 is 2.71 bits per heavy atom. The van der Waals surface area contributed by atoms with Gasteiger partial charge in [-0.15, -0.1) is 0 Å². The van der Waals surface area contributed by atoms with E-state index < -0.39 is 12.0 Å². The quantitative estimate of drug-likeness (QED) is 0.374. The number of aromatic carboxylic acids is 1. The molecule has 0 saturated heterocycles. The number of fused-ring (bicyclic) bond motifs is 1. The Morgan fingerprint density at radius 2 is 2.00 bits per heavy atom. The molecule has 0 spiro atoms. The summed E-state index contributed by atoms with van der Waals surface area (Å²) in [6, 6.07) is 9.85. The van der Waals surface area contributed by atoms with Crippen molar-refractivity contribution in [2.75, 3.05) is 5.32 Å². The van der Waals surface area contributed by atoms with Crippen molar-refractivity contribution in [3.63, 3.8) is 0 Å². The second-order valence-corrected chi connectivity index (χ2v) is 8.28. The van der Waals surface area contributed by atoms with Crippen LogP contribution in [0, 0.1) is 25.2 Å². The highest BCUT2D eigenvalue weighted by molar-refractivity contribution is 6.29. The van der Waals surface area contributed by atoms with E-state index in [-0.39, 0.29) is 22.0 Å². The fourth-order valence-electron chi connectivity index (χ4n) is 3.82. The van der Waals surface area contributed by atoms with Gasteiger partial charge in [-0.25, -0.2) is 9.78 Å². The lowest BCUT2D eigenvalue weighted by Gasteiger charge is -2.19. The number of carbonyl (C=O) groups is 1. The standard InChI is InChI=1S/C25H19ClN4O4/c1-12-6-17(14(3)29-19-4-5-20(26)30-21(19)25(32)33)24-18(7-12)22(31)13(2)23(34-24)16-8-15(9-27)10-28-11-16/h4-8,10-11,14,29H,1-3H3,(H,32,33)/t14-/m1/s1. The number of nitriles is 1. The van der Waals surface area contributed by atoms with Gasteiger partial charge >= 0.3 is 5.97 Å². The second kappa shape index (κ2) is 8.96. The Bertz CT molecular complexity index is 1560. The number of hydrogen-bond donors (Lipinski definition) is 2. The summed E-state index contributed by atoms with van der Waals surface area (Å²) in [7, 11) is 0.